The average Bonchev–Trinajstić information content (AvgIpc) is 2.39. The van der Waals surface area contributed by atoms with Gasteiger partial charge in [0.25, 0.3) is 0 Å². The Morgan fingerprint density at radius 3 is 3.18 bits per heavy atom. The molecule has 0 spiro atoms. The minimum absolute atomic E-state index is 0.286. The van der Waals surface area contributed by atoms with Crippen molar-refractivity contribution in [3.8, 4) is 5.88 Å². The van der Waals surface area contributed by atoms with E-state index < -0.39 is 0 Å². The number of nitrogens with two attached hydrogens (primary N) is 1. The van der Waals surface area contributed by atoms with Crippen LogP contribution in [0.25, 0.3) is 0 Å². The Bertz CT molecular complexity index is 358. The van der Waals surface area contributed by atoms with E-state index in [1.54, 1.807) is 12.3 Å². The first-order chi connectivity index (χ1) is 8.31. The summed E-state index contributed by atoms with van der Waals surface area (Å²) < 4.78 is 5.88. The number of aromatic nitrogens is 2. The molecule has 1 saturated carbocycles. The van der Waals surface area contributed by atoms with Crippen LogP contribution in [0, 0.1) is 5.92 Å². The molecule has 1 aliphatic carbocycles. The van der Waals surface area contributed by atoms with Gasteiger partial charge in [0, 0.05) is 12.3 Å². The third-order valence-corrected chi connectivity index (χ3v) is 3.36. The molecular weight excluding hydrogens is 216 g/mol. The highest BCUT2D eigenvalue weighted by Crippen LogP contribution is 2.29. The molecule has 3 N–H and O–H groups in total. The van der Waals surface area contributed by atoms with Crippen LogP contribution >= 0.6 is 0 Å². The minimum Gasteiger partial charge on any atom is -0.474 e. The van der Waals surface area contributed by atoms with Gasteiger partial charge in [0.05, 0.1) is 0 Å². The molecule has 0 bridgehead atoms. The lowest BCUT2D eigenvalue weighted by Gasteiger charge is -2.28. The molecule has 0 radical (unpaired) electrons. The van der Waals surface area contributed by atoms with Gasteiger partial charge < -0.3 is 4.74 Å². The van der Waals surface area contributed by atoms with Crippen molar-refractivity contribution >= 4 is 5.95 Å². The molecule has 94 valence electrons. The van der Waals surface area contributed by atoms with Gasteiger partial charge in [-0.3, -0.25) is 5.43 Å². The molecule has 1 heterocycles. The third-order valence-electron chi connectivity index (χ3n) is 3.36. The molecule has 5 nitrogen and oxygen atoms in total. The Kier molecular flexibility index (Phi) is 4.14. The van der Waals surface area contributed by atoms with E-state index in [1.807, 2.05) is 0 Å². The van der Waals surface area contributed by atoms with Crippen LogP contribution in [0.15, 0.2) is 12.3 Å². The summed E-state index contributed by atoms with van der Waals surface area (Å²) in [6.07, 6.45) is 8.00. The van der Waals surface area contributed by atoms with Gasteiger partial charge >= 0.3 is 0 Å². The van der Waals surface area contributed by atoms with E-state index in [0.29, 0.717) is 11.8 Å². The van der Waals surface area contributed by atoms with Crippen molar-refractivity contribution in [1.29, 1.82) is 0 Å². The number of hydrazine groups is 1. The van der Waals surface area contributed by atoms with Crippen molar-refractivity contribution in [2.45, 2.75) is 45.1 Å². The number of hydrogen-bond donors (Lipinski definition) is 2. The van der Waals surface area contributed by atoms with Crippen LogP contribution in [0.5, 0.6) is 5.88 Å². The molecule has 17 heavy (non-hydrogen) atoms. The first-order valence-corrected chi connectivity index (χ1v) is 6.28. The maximum atomic E-state index is 5.88. The van der Waals surface area contributed by atoms with Gasteiger partial charge in [-0.25, -0.2) is 10.8 Å². The maximum Gasteiger partial charge on any atom is 0.240 e. The lowest BCUT2D eigenvalue weighted by atomic mass is 9.85. The summed E-state index contributed by atoms with van der Waals surface area (Å²) >= 11 is 0. The topological polar surface area (TPSA) is 73.1 Å². The van der Waals surface area contributed by atoms with Crippen LogP contribution in [0.3, 0.4) is 0 Å². The van der Waals surface area contributed by atoms with E-state index >= 15 is 0 Å². The molecular formula is C12H20N4O. The highest BCUT2D eigenvalue weighted by atomic mass is 16.5. The molecule has 0 aliphatic heterocycles. The normalized spacial score (nSPS) is 24.4. The molecule has 2 unspecified atom stereocenters. The number of ether oxygens (including phenoxy) is 1. The average molecular weight is 236 g/mol. The summed E-state index contributed by atoms with van der Waals surface area (Å²) in [6.45, 7) is 2.24. The van der Waals surface area contributed by atoms with Crippen molar-refractivity contribution in [1.82, 2.24) is 9.97 Å². The van der Waals surface area contributed by atoms with Gasteiger partial charge in [0.1, 0.15) is 6.10 Å². The lowest BCUT2D eigenvalue weighted by Crippen LogP contribution is -2.25. The van der Waals surface area contributed by atoms with Gasteiger partial charge in [-0.15, -0.1) is 0 Å². The van der Waals surface area contributed by atoms with Crippen molar-refractivity contribution in [3.05, 3.63) is 12.3 Å². The van der Waals surface area contributed by atoms with Crippen molar-refractivity contribution in [2.75, 3.05) is 5.43 Å². The number of nitrogens with one attached hydrogen (secondary N) is 1. The van der Waals surface area contributed by atoms with Crippen molar-refractivity contribution in [2.24, 2.45) is 11.8 Å². The highest BCUT2D eigenvalue weighted by molar-refractivity contribution is 5.25. The zero-order valence-corrected chi connectivity index (χ0v) is 10.2. The first-order valence-electron chi connectivity index (χ1n) is 6.28. The summed E-state index contributed by atoms with van der Waals surface area (Å²) in [5.74, 6) is 7.06. The number of hydrogen-bond acceptors (Lipinski definition) is 5. The summed E-state index contributed by atoms with van der Waals surface area (Å²) in [4.78, 5) is 8.12. The van der Waals surface area contributed by atoms with Crippen molar-refractivity contribution in [3.63, 3.8) is 0 Å². The van der Waals surface area contributed by atoms with E-state index in [1.165, 1.54) is 19.3 Å². The predicted molar refractivity (Wildman–Crippen MR) is 66.5 cm³/mol. The van der Waals surface area contributed by atoms with Crippen LogP contribution in [0.2, 0.25) is 0 Å². The molecule has 1 fully saturated rings. The van der Waals surface area contributed by atoms with E-state index in [4.69, 9.17) is 10.6 Å². The molecule has 1 aromatic rings. The summed E-state index contributed by atoms with van der Waals surface area (Å²) in [5, 5.41) is 0. The minimum atomic E-state index is 0.286. The standard InChI is InChI=1S/C12H20N4O/c1-2-9-4-3-5-10(8-9)17-11-6-7-14-12(15-11)16-13/h6-7,9-10H,2-5,8,13H2,1H3,(H,14,15,16). The lowest BCUT2D eigenvalue weighted by molar-refractivity contribution is 0.117. The fourth-order valence-electron chi connectivity index (χ4n) is 2.37. The molecule has 0 amide bonds. The molecule has 2 rings (SSSR count). The zero-order valence-electron chi connectivity index (χ0n) is 10.2. The van der Waals surface area contributed by atoms with Gasteiger partial charge in [-0.2, -0.15) is 4.98 Å². The summed E-state index contributed by atoms with van der Waals surface area (Å²) in [6, 6.07) is 1.77. The van der Waals surface area contributed by atoms with E-state index in [2.05, 4.69) is 22.3 Å². The number of rotatable bonds is 4. The number of anilines is 1. The summed E-state index contributed by atoms with van der Waals surface area (Å²) in [5.41, 5.74) is 2.42. The Morgan fingerprint density at radius 2 is 2.41 bits per heavy atom. The van der Waals surface area contributed by atoms with Crippen LogP contribution in [-0.2, 0) is 0 Å². The van der Waals surface area contributed by atoms with Crippen molar-refractivity contribution < 1.29 is 4.74 Å². The van der Waals surface area contributed by atoms with Crippen LogP contribution in [-0.4, -0.2) is 16.1 Å². The van der Waals surface area contributed by atoms with Gasteiger partial charge in [0.15, 0.2) is 0 Å². The van der Waals surface area contributed by atoms with E-state index in [-0.39, 0.29) is 6.10 Å². The first kappa shape index (κ1) is 12.1. The Labute approximate surface area is 102 Å². The SMILES string of the molecule is CCC1CCCC(Oc2ccnc(NN)n2)C1. The fraction of sp³-hybridized carbons (Fsp3) is 0.667. The van der Waals surface area contributed by atoms with E-state index in [9.17, 15) is 0 Å². The van der Waals surface area contributed by atoms with Gasteiger partial charge in [-0.05, 0) is 25.2 Å². The fourth-order valence-corrected chi connectivity index (χ4v) is 2.37. The second-order valence-corrected chi connectivity index (χ2v) is 4.54. The molecule has 1 aliphatic rings. The number of nitrogens with zero attached hydrogens (tertiary/aromatic N) is 2. The Balaban J connectivity index is 1.95. The maximum absolute atomic E-state index is 5.88. The van der Waals surface area contributed by atoms with Gasteiger partial charge in [-0.1, -0.05) is 19.8 Å². The monoisotopic (exact) mass is 236 g/mol. The largest absolute Gasteiger partial charge is 0.474 e. The number of nitrogen functional groups attached to an aromatic ring is 1. The molecule has 1 aromatic heterocycles. The Morgan fingerprint density at radius 1 is 1.53 bits per heavy atom. The van der Waals surface area contributed by atoms with Crippen LogP contribution < -0.4 is 16.0 Å². The molecule has 0 aromatic carbocycles. The van der Waals surface area contributed by atoms with Gasteiger partial charge in [0.2, 0.25) is 11.8 Å². The zero-order chi connectivity index (χ0) is 12.1. The second kappa shape index (κ2) is 5.82. The summed E-state index contributed by atoms with van der Waals surface area (Å²) in [7, 11) is 0. The van der Waals surface area contributed by atoms with Crippen LogP contribution in [0.1, 0.15) is 39.0 Å². The highest BCUT2D eigenvalue weighted by Gasteiger charge is 2.22. The second-order valence-electron chi connectivity index (χ2n) is 4.54. The molecule has 0 saturated heterocycles. The van der Waals surface area contributed by atoms with Crippen LogP contribution in [0.4, 0.5) is 5.95 Å². The predicted octanol–water partition coefficient (Wildman–Crippen LogP) is 2.11. The smallest absolute Gasteiger partial charge is 0.240 e. The van der Waals surface area contributed by atoms with E-state index in [0.717, 1.165) is 18.8 Å². The quantitative estimate of drug-likeness (QED) is 0.618. The third kappa shape index (κ3) is 3.30. The molecule has 2 atom stereocenters. The molecule has 5 heteroatoms. The Hall–Kier alpha value is -1.36.